The number of benzene rings is 5. The van der Waals surface area contributed by atoms with Crippen LogP contribution in [0.25, 0.3) is 27.6 Å². The molecule has 1 saturated heterocycles. The van der Waals surface area contributed by atoms with Crippen LogP contribution in [0.5, 0.6) is 5.75 Å². The zero-order valence-electron chi connectivity index (χ0n) is 21.5. The Bertz CT molecular complexity index is 1870. The summed E-state index contributed by atoms with van der Waals surface area (Å²) in [4.78, 5) is 40.4. The third-order valence-corrected chi connectivity index (χ3v) is 7.87. The predicted molar refractivity (Wildman–Crippen MR) is 160 cm³/mol. The van der Waals surface area contributed by atoms with Crippen molar-refractivity contribution in [3.63, 3.8) is 0 Å². The number of aryl methyl sites for hydroxylation is 1. The number of fused-ring (bicyclic) bond motifs is 2. The van der Waals surface area contributed by atoms with E-state index >= 15 is 0 Å². The molecule has 6 nitrogen and oxygen atoms in total. The summed E-state index contributed by atoms with van der Waals surface area (Å²) in [5, 5.41) is 6.25. The van der Waals surface area contributed by atoms with Gasteiger partial charge >= 0.3 is 6.03 Å². The van der Waals surface area contributed by atoms with Gasteiger partial charge in [0.05, 0.1) is 5.69 Å². The quantitative estimate of drug-likeness (QED) is 0.172. The Kier molecular flexibility index (Phi) is 6.66. The molecule has 0 radical (unpaired) electrons. The Labute approximate surface area is 239 Å². The molecule has 0 unspecified atom stereocenters. The summed E-state index contributed by atoms with van der Waals surface area (Å²) in [6.45, 7) is 2.15. The van der Waals surface area contributed by atoms with E-state index < -0.39 is 17.8 Å². The lowest BCUT2D eigenvalue weighted by Gasteiger charge is -2.27. The number of hydrogen-bond acceptors (Lipinski definition) is 4. The fourth-order valence-corrected chi connectivity index (χ4v) is 5.18. The highest BCUT2D eigenvalue weighted by atomic mass is 79.9. The van der Waals surface area contributed by atoms with Gasteiger partial charge in [0.25, 0.3) is 11.8 Å². The minimum Gasteiger partial charge on any atom is -0.488 e. The first-order valence-electron chi connectivity index (χ1n) is 12.7. The minimum absolute atomic E-state index is 0.161. The fraction of sp³-hybridized carbons (Fsp3) is 0.0606. The topological polar surface area (TPSA) is 75.7 Å². The minimum atomic E-state index is -0.792. The van der Waals surface area contributed by atoms with E-state index in [4.69, 9.17) is 4.74 Å². The highest BCUT2D eigenvalue weighted by Crippen LogP contribution is 2.33. The Hall–Kier alpha value is -4.75. The molecule has 4 amide bonds. The number of nitrogens with one attached hydrogen (secondary N) is 1. The van der Waals surface area contributed by atoms with Crippen molar-refractivity contribution in [1.29, 1.82) is 0 Å². The van der Waals surface area contributed by atoms with Crippen molar-refractivity contribution in [3.8, 4) is 5.75 Å². The molecule has 6 rings (SSSR count). The van der Waals surface area contributed by atoms with Crippen LogP contribution in [0.4, 0.5) is 10.5 Å². The first-order valence-corrected chi connectivity index (χ1v) is 13.5. The number of urea groups is 1. The second-order valence-electron chi connectivity index (χ2n) is 9.52. The molecule has 196 valence electrons. The predicted octanol–water partition coefficient (Wildman–Crippen LogP) is 7.31. The normalized spacial score (nSPS) is 14.7. The van der Waals surface area contributed by atoms with E-state index in [0.717, 1.165) is 42.0 Å². The number of nitrogens with zero attached hydrogens (tertiary/aromatic N) is 1. The summed E-state index contributed by atoms with van der Waals surface area (Å²) < 4.78 is 7.18. The lowest BCUT2D eigenvalue weighted by Crippen LogP contribution is -2.54. The lowest BCUT2D eigenvalue weighted by atomic mass is 9.99. The van der Waals surface area contributed by atoms with Gasteiger partial charge in [-0.2, -0.15) is 0 Å². The van der Waals surface area contributed by atoms with Crippen molar-refractivity contribution >= 4 is 67.1 Å². The van der Waals surface area contributed by atoms with Crippen molar-refractivity contribution in [3.05, 3.63) is 124 Å². The van der Waals surface area contributed by atoms with Crippen molar-refractivity contribution < 1.29 is 19.1 Å². The zero-order valence-corrected chi connectivity index (χ0v) is 23.1. The highest BCUT2D eigenvalue weighted by molar-refractivity contribution is 9.10. The monoisotopic (exact) mass is 590 g/mol. The van der Waals surface area contributed by atoms with Gasteiger partial charge in [0.1, 0.15) is 17.9 Å². The molecule has 5 aromatic rings. The van der Waals surface area contributed by atoms with E-state index in [2.05, 4.69) is 39.4 Å². The largest absolute Gasteiger partial charge is 0.488 e. The van der Waals surface area contributed by atoms with Gasteiger partial charge in [-0.3, -0.25) is 14.9 Å². The third kappa shape index (κ3) is 4.65. The molecular weight excluding hydrogens is 568 g/mol. The average molecular weight is 591 g/mol. The molecule has 1 N–H and O–H groups in total. The molecular formula is C33H23BrN2O4. The van der Waals surface area contributed by atoms with Gasteiger partial charge < -0.3 is 4.74 Å². The average Bonchev–Trinajstić information content (AvgIpc) is 2.96. The molecule has 40 heavy (non-hydrogen) atoms. The Morgan fingerprint density at radius 2 is 1.52 bits per heavy atom. The number of ether oxygens (including phenoxy) is 1. The van der Waals surface area contributed by atoms with Crippen LogP contribution in [-0.4, -0.2) is 17.8 Å². The molecule has 1 heterocycles. The van der Waals surface area contributed by atoms with Crippen LogP contribution in [0.2, 0.25) is 0 Å². The van der Waals surface area contributed by atoms with Crippen LogP contribution < -0.4 is 15.0 Å². The highest BCUT2D eigenvalue weighted by Gasteiger charge is 2.37. The second-order valence-corrected chi connectivity index (χ2v) is 10.4. The number of amides is 4. The SMILES string of the molecule is Cc1cc(N2C(=O)NC(=O)/C(=C/c3c(OCc4cccc5ccccc45)ccc4ccccc34)C2=O)ccc1Br. The summed E-state index contributed by atoms with van der Waals surface area (Å²) in [6.07, 6.45) is 1.52. The van der Waals surface area contributed by atoms with Crippen LogP contribution in [0, 0.1) is 6.92 Å². The molecule has 1 aliphatic rings. The number of barbiturate groups is 1. The maximum Gasteiger partial charge on any atom is 0.335 e. The second kappa shape index (κ2) is 10.4. The number of halogens is 1. The first kappa shape index (κ1) is 25.5. The molecule has 0 bridgehead atoms. The van der Waals surface area contributed by atoms with Crippen molar-refractivity contribution in [2.75, 3.05) is 4.90 Å². The number of carbonyl (C=O) groups excluding carboxylic acids is 3. The van der Waals surface area contributed by atoms with Crippen molar-refractivity contribution in [2.24, 2.45) is 0 Å². The molecule has 1 aliphatic heterocycles. The number of imide groups is 2. The van der Waals surface area contributed by atoms with E-state index in [9.17, 15) is 14.4 Å². The Morgan fingerprint density at radius 3 is 2.30 bits per heavy atom. The van der Waals surface area contributed by atoms with Crippen molar-refractivity contribution in [2.45, 2.75) is 13.5 Å². The molecule has 0 atom stereocenters. The lowest BCUT2D eigenvalue weighted by molar-refractivity contribution is -0.122. The van der Waals surface area contributed by atoms with E-state index in [-0.39, 0.29) is 5.57 Å². The van der Waals surface area contributed by atoms with Crippen LogP contribution in [0.15, 0.2) is 107 Å². The molecule has 1 fully saturated rings. The maximum absolute atomic E-state index is 13.6. The standard InChI is InChI=1S/C33H23BrN2O4/c1-20-17-24(14-15-29(20)34)36-32(38)28(31(37)35-33(36)39)18-27-26-12-5-3-8-22(26)13-16-30(27)40-19-23-10-6-9-21-7-2-4-11-25(21)23/h2-18H,19H2,1H3,(H,35,37,39)/b28-18-. The number of hydrogen-bond donors (Lipinski definition) is 1. The molecule has 0 saturated carbocycles. The van der Waals surface area contributed by atoms with E-state index in [0.29, 0.717) is 23.6 Å². The molecule has 0 spiro atoms. The zero-order chi connectivity index (χ0) is 27.8. The molecule has 7 heteroatoms. The van der Waals surface area contributed by atoms with Gasteiger partial charge in [0.15, 0.2) is 0 Å². The summed E-state index contributed by atoms with van der Waals surface area (Å²) in [5.41, 5.74) is 2.65. The van der Waals surface area contributed by atoms with Gasteiger partial charge in [-0.15, -0.1) is 0 Å². The van der Waals surface area contributed by atoms with Gasteiger partial charge in [0, 0.05) is 10.0 Å². The third-order valence-electron chi connectivity index (χ3n) is 6.98. The number of carbonyl (C=O) groups is 3. The summed E-state index contributed by atoms with van der Waals surface area (Å²) in [7, 11) is 0. The number of anilines is 1. The number of rotatable bonds is 5. The van der Waals surface area contributed by atoms with E-state index in [1.165, 1.54) is 6.08 Å². The smallest absolute Gasteiger partial charge is 0.335 e. The summed E-state index contributed by atoms with van der Waals surface area (Å²) in [5.74, 6) is -0.945. The molecule has 0 aromatic heterocycles. The molecule has 5 aromatic carbocycles. The van der Waals surface area contributed by atoms with Crippen LogP contribution >= 0.6 is 15.9 Å². The van der Waals surface area contributed by atoms with Crippen LogP contribution in [0.1, 0.15) is 16.7 Å². The fourth-order valence-electron chi connectivity index (χ4n) is 4.93. The van der Waals surface area contributed by atoms with Crippen molar-refractivity contribution in [1.82, 2.24) is 5.32 Å². The first-order chi connectivity index (χ1) is 19.4. The van der Waals surface area contributed by atoms with E-state index in [1.807, 2.05) is 67.6 Å². The van der Waals surface area contributed by atoms with E-state index in [1.54, 1.807) is 18.2 Å². The van der Waals surface area contributed by atoms with Crippen LogP contribution in [0.3, 0.4) is 0 Å². The van der Waals surface area contributed by atoms with Crippen LogP contribution in [-0.2, 0) is 16.2 Å². The van der Waals surface area contributed by atoms with Gasteiger partial charge in [-0.1, -0.05) is 88.7 Å². The summed E-state index contributed by atoms with van der Waals surface area (Å²) >= 11 is 3.44. The van der Waals surface area contributed by atoms with Gasteiger partial charge in [-0.25, -0.2) is 9.69 Å². The molecule has 0 aliphatic carbocycles. The van der Waals surface area contributed by atoms with Gasteiger partial charge in [-0.05, 0) is 69.9 Å². The summed E-state index contributed by atoms with van der Waals surface area (Å²) in [6, 6.07) is 30.0. The maximum atomic E-state index is 13.6. The van der Waals surface area contributed by atoms with Gasteiger partial charge in [0.2, 0.25) is 0 Å². The Morgan fingerprint density at radius 1 is 0.825 bits per heavy atom. The Balaban J connectivity index is 1.43.